The van der Waals surface area contributed by atoms with E-state index in [4.69, 9.17) is 5.84 Å². The highest BCUT2D eigenvalue weighted by atomic mass is 32.2. The molecule has 0 fully saturated rings. The van der Waals surface area contributed by atoms with Crippen molar-refractivity contribution in [1.29, 1.82) is 0 Å². The molecule has 0 unspecified atom stereocenters. The third-order valence-corrected chi connectivity index (χ3v) is 3.84. The largest absolute Gasteiger partial charge is 0.336 e. The molecule has 0 bridgehead atoms. The van der Waals surface area contributed by atoms with Gasteiger partial charge in [0.25, 0.3) is 0 Å². The second-order valence-corrected chi connectivity index (χ2v) is 5.43. The third kappa shape index (κ3) is 5.44. The zero-order valence-corrected chi connectivity index (χ0v) is 11.8. The Balaban J connectivity index is 1.99. The van der Waals surface area contributed by atoms with Crippen LogP contribution in [-0.2, 0) is 0 Å². The highest BCUT2D eigenvalue weighted by Gasteiger charge is 2.05. The molecule has 0 saturated carbocycles. The zero-order valence-electron chi connectivity index (χ0n) is 11.0. The van der Waals surface area contributed by atoms with Gasteiger partial charge in [-0.2, -0.15) is 0 Å². The summed E-state index contributed by atoms with van der Waals surface area (Å²) in [6.07, 6.45) is 9.38. The Morgan fingerprint density at radius 1 is 1.06 bits per heavy atom. The molecule has 0 atom stereocenters. The summed E-state index contributed by atoms with van der Waals surface area (Å²) in [5.41, 5.74) is 0. The van der Waals surface area contributed by atoms with Crippen LogP contribution in [0.4, 0.5) is 0 Å². The second kappa shape index (κ2) is 8.39. The normalized spacial score (nSPS) is 10.9. The number of nitrogens with zero attached hydrogens (tertiary/aromatic N) is 3. The summed E-state index contributed by atoms with van der Waals surface area (Å²) in [5.74, 6) is 7.63. The molecule has 1 aromatic rings. The van der Waals surface area contributed by atoms with Crippen LogP contribution in [0.1, 0.15) is 57.7 Å². The van der Waals surface area contributed by atoms with E-state index < -0.39 is 0 Å². The number of hydrogen-bond acceptors (Lipinski definition) is 4. The molecule has 5 heteroatoms. The fraction of sp³-hybridized carbons (Fsp3) is 0.833. The van der Waals surface area contributed by atoms with Crippen LogP contribution >= 0.6 is 11.8 Å². The fourth-order valence-electron chi connectivity index (χ4n) is 1.67. The minimum atomic E-state index is 0.770. The van der Waals surface area contributed by atoms with E-state index in [1.807, 2.05) is 6.92 Å². The molecular formula is C12H24N4S. The molecule has 17 heavy (non-hydrogen) atoms. The van der Waals surface area contributed by atoms with E-state index in [-0.39, 0.29) is 0 Å². The lowest BCUT2D eigenvalue weighted by Crippen LogP contribution is -2.11. The highest BCUT2D eigenvalue weighted by molar-refractivity contribution is 7.99. The van der Waals surface area contributed by atoms with Gasteiger partial charge in [0, 0.05) is 5.75 Å². The molecule has 0 amide bonds. The van der Waals surface area contributed by atoms with Crippen molar-refractivity contribution in [2.45, 2.75) is 63.9 Å². The molecule has 2 N–H and O–H groups in total. The summed E-state index contributed by atoms with van der Waals surface area (Å²) >= 11 is 1.70. The highest BCUT2D eigenvalue weighted by Crippen LogP contribution is 2.17. The van der Waals surface area contributed by atoms with E-state index in [1.165, 1.54) is 44.9 Å². The van der Waals surface area contributed by atoms with Crippen molar-refractivity contribution in [3.63, 3.8) is 0 Å². The number of rotatable bonds is 9. The maximum Gasteiger partial charge on any atom is 0.209 e. The molecule has 0 aliphatic carbocycles. The predicted molar refractivity (Wildman–Crippen MR) is 73.6 cm³/mol. The van der Waals surface area contributed by atoms with Crippen LogP contribution in [-0.4, -0.2) is 20.6 Å². The Morgan fingerprint density at radius 2 is 1.71 bits per heavy atom. The quantitative estimate of drug-likeness (QED) is 0.419. The lowest BCUT2D eigenvalue weighted by molar-refractivity contribution is 0.603. The maximum atomic E-state index is 5.77. The summed E-state index contributed by atoms with van der Waals surface area (Å²) in [4.78, 5) is 0. The monoisotopic (exact) mass is 256 g/mol. The second-order valence-electron chi connectivity index (χ2n) is 4.37. The minimum absolute atomic E-state index is 0.770. The first kappa shape index (κ1) is 14.4. The molecular weight excluding hydrogens is 232 g/mol. The number of hydrogen-bond donors (Lipinski definition) is 1. The first-order valence-electron chi connectivity index (χ1n) is 6.55. The van der Waals surface area contributed by atoms with Gasteiger partial charge >= 0.3 is 0 Å². The van der Waals surface area contributed by atoms with Crippen LogP contribution in [0.2, 0.25) is 0 Å². The summed E-state index contributed by atoms with van der Waals surface area (Å²) in [5, 5.41) is 8.78. The molecule has 1 rings (SSSR count). The van der Waals surface area contributed by atoms with Crippen molar-refractivity contribution in [1.82, 2.24) is 14.9 Å². The Hall–Kier alpha value is -0.710. The van der Waals surface area contributed by atoms with E-state index in [1.54, 1.807) is 16.4 Å². The molecule has 0 radical (unpaired) electrons. The summed E-state index contributed by atoms with van der Waals surface area (Å²) < 4.78 is 1.56. The Kier molecular flexibility index (Phi) is 7.08. The van der Waals surface area contributed by atoms with Gasteiger partial charge < -0.3 is 5.84 Å². The lowest BCUT2D eigenvalue weighted by Gasteiger charge is -2.02. The van der Waals surface area contributed by atoms with Crippen LogP contribution in [0.5, 0.6) is 0 Å². The molecule has 98 valence electrons. The Bertz CT molecular complexity index is 311. The van der Waals surface area contributed by atoms with Gasteiger partial charge in [0.15, 0.2) is 0 Å². The number of unbranched alkanes of at least 4 members (excludes halogenated alkanes) is 6. The Labute approximate surface area is 108 Å². The number of nitrogen functional groups attached to an aromatic ring is 1. The van der Waals surface area contributed by atoms with Crippen LogP contribution in [0, 0.1) is 6.92 Å². The van der Waals surface area contributed by atoms with Crippen LogP contribution in [0.25, 0.3) is 0 Å². The molecule has 0 spiro atoms. The number of thioether (sulfide) groups is 1. The van der Waals surface area contributed by atoms with Gasteiger partial charge in [-0.25, -0.2) is 4.68 Å². The predicted octanol–water partition coefficient (Wildman–Crippen LogP) is 3.14. The molecule has 0 saturated heterocycles. The third-order valence-electron chi connectivity index (χ3n) is 2.81. The molecule has 1 aromatic heterocycles. The molecule has 0 aliphatic heterocycles. The molecule has 0 aromatic carbocycles. The number of aromatic nitrogens is 3. The topological polar surface area (TPSA) is 56.7 Å². The fourth-order valence-corrected chi connectivity index (χ4v) is 2.57. The van der Waals surface area contributed by atoms with Crippen LogP contribution in [0.3, 0.4) is 0 Å². The minimum Gasteiger partial charge on any atom is -0.336 e. The van der Waals surface area contributed by atoms with Crippen molar-refractivity contribution in [3.05, 3.63) is 5.82 Å². The Morgan fingerprint density at radius 3 is 2.29 bits per heavy atom. The van der Waals surface area contributed by atoms with E-state index in [0.717, 1.165) is 16.7 Å². The summed E-state index contributed by atoms with van der Waals surface area (Å²) in [6.45, 7) is 4.12. The van der Waals surface area contributed by atoms with Gasteiger partial charge in [0.05, 0.1) is 0 Å². The number of nitrogens with two attached hydrogens (primary N) is 1. The van der Waals surface area contributed by atoms with Crippen molar-refractivity contribution in [2.75, 3.05) is 11.6 Å². The SMILES string of the molecule is CCCCCCCCCSc1nnc(C)n1N. The lowest BCUT2D eigenvalue weighted by atomic mass is 10.1. The molecule has 0 aliphatic rings. The maximum absolute atomic E-state index is 5.77. The standard InChI is InChI=1S/C12H24N4S/c1-3-4-5-6-7-8-9-10-17-12-15-14-11(2)16(12)13/h3-10,13H2,1-2H3. The van der Waals surface area contributed by atoms with Gasteiger partial charge in [0.1, 0.15) is 5.82 Å². The van der Waals surface area contributed by atoms with E-state index >= 15 is 0 Å². The first-order valence-corrected chi connectivity index (χ1v) is 7.54. The smallest absolute Gasteiger partial charge is 0.209 e. The zero-order chi connectivity index (χ0) is 12.5. The average molecular weight is 256 g/mol. The van der Waals surface area contributed by atoms with Gasteiger partial charge in [0.2, 0.25) is 5.16 Å². The van der Waals surface area contributed by atoms with Gasteiger partial charge in [-0.05, 0) is 13.3 Å². The summed E-state index contributed by atoms with van der Waals surface area (Å²) in [7, 11) is 0. The molecule has 4 nitrogen and oxygen atoms in total. The van der Waals surface area contributed by atoms with Crippen molar-refractivity contribution >= 4 is 11.8 Å². The van der Waals surface area contributed by atoms with E-state index in [0.29, 0.717) is 0 Å². The average Bonchev–Trinajstić information content (AvgIpc) is 2.64. The van der Waals surface area contributed by atoms with Crippen molar-refractivity contribution in [2.24, 2.45) is 0 Å². The first-order chi connectivity index (χ1) is 8.25. The van der Waals surface area contributed by atoms with E-state index in [9.17, 15) is 0 Å². The van der Waals surface area contributed by atoms with E-state index in [2.05, 4.69) is 17.1 Å². The van der Waals surface area contributed by atoms with Crippen LogP contribution in [0.15, 0.2) is 5.16 Å². The van der Waals surface area contributed by atoms with Crippen molar-refractivity contribution < 1.29 is 0 Å². The summed E-state index contributed by atoms with van der Waals surface area (Å²) in [6, 6.07) is 0. The van der Waals surface area contributed by atoms with Gasteiger partial charge in [-0.15, -0.1) is 10.2 Å². The van der Waals surface area contributed by atoms with Crippen molar-refractivity contribution in [3.8, 4) is 0 Å². The van der Waals surface area contributed by atoms with Gasteiger partial charge in [-0.3, -0.25) is 0 Å². The number of aryl methyl sites for hydroxylation is 1. The van der Waals surface area contributed by atoms with Gasteiger partial charge in [-0.1, -0.05) is 57.2 Å². The van der Waals surface area contributed by atoms with Crippen LogP contribution < -0.4 is 5.84 Å². The molecule has 1 heterocycles.